The minimum atomic E-state index is -0.646. The molecule has 7 heteroatoms. The lowest BCUT2D eigenvalue weighted by atomic mass is 9.85. The van der Waals surface area contributed by atoms with Crippen LogP contribution in [-0.2, 0) is 33.3 Å². The van der Waals surface area contributed by atoms with Crippen LogP contribution in [0.3, 0.4) is 0 Å². The molecule has 32 heavy (non-hydrogen) atoms. The number of ether oxygens (including phenoxy) is 4. The molecule has 0 saturated carbocycles. The van der Waals surface area contributed by atoms with E-state index in [1.807, 2.05) is 6.92 Å². The van der Waals surface area contributed by atoms with Crippen molar-refractivity contribution in [1.82, 2.24) is 0 Å². The van der Waals surface area contributed by atoms with E-state index in [0.717, 1.165) is 25.7 Å². The van der Waals surface area contributed by atoms with E-state index in [4.69, 9.17) is 18.9 Å². The van der Waals surface area contributed by atoms with E-state index in [2.05, 4.69) is 26.0 Å². The lowest BCUT2D eigenvalue weighted by molar-refractivity contribution is -0.151. The number of rotatable bonds is 10. The van der Waals surface area contributed by atoms with Crippen LogP contribution in [0.25, 0.3) is 0 Å². The van der Waals surface area contributed by atoms with E-state index in [1.165, 1.54) is 32.3 Å². The predicted octanol–water partition coefficient (Wildman–Crippen LogP) is 4.42. The Hall–Kier alpha value is -2.57. The summed E-state index contributed by atoms with van der Waals surface area (Å²) in [7, 11) is 2.86. The summed E-state index contributed by atoms with van der Waals surface area (Å²) in [5, 5.41) is 0. The van der Waals surface area contributed by atoms with Gasteiger partial charge in [0, 0.05) is 25.7 Å². The second kappa shape index (κ2) is 11.9. The Morgan fingerprint density at radius 3 is 2.38 bits per heavy atom. The van der Waals surface area contributed by atoms with Crippen molar-refractivity contribution < 1.29 is 33.3 Å². The maximum absolute atomic E-state index is 12.4. The third kappa shape index (κ3) is 6.97. The number of cyclic esters (lactones) is 1. The minimum Gasteiger partial charge on any atom is -0.493 e. The molecule has 1 fully saturated rings. The van der Waals surface area contributed by atoms with Crippen molar-refractivity contribution in [2.24, 2.45) is 11.8 Å². The quantitative estimate of drug-likeness (QED) is 0.361. The largest absolute Gasteiger partial charge is 0.493 e. The average molecular weight is 449 g/mol. The molecule has 0 spiro atoms. The van der Waals surface area contributed by atoms with Gasteiger partial charge in [0.05, 0.1) is 20.1 Å². The SMILES string of the molecule is COC1=C(OC)C(OC(C)=O)C(C/C=C(\C)CC/C=C(\C)CC2CC(C)C(=O)O2)CC1=O. The second-order valence-electron chi connectivity index (χ2n) is 8.79. The minimum absolute atomic E-state index is 0.00566. The Morgan fingerprint density at radius 1 is 1.09 bits per heavy atom. The highest BCUT2D eigenvalue weighted by Crippen LogP contribution is 2.34. The summed E-state index contributed by atoms with van der Waals surface area (Å²) in [5.74, 6) is -0.485. The summed E-state index contributed by atoms with van der Waals surface area (Å²) in [4.78, 5) is 35.6. The third-order valence-electron chi connectivity index (χ3n) is 5.98. The Morgan fingerprint density at radius 2 is 1.81 bits per heavy atom. The van der Waals surface area contributed by atoms with Crippen molar-refractivity contribution in [3.05, 3.63) is 34.8 Å². The van der Waals surface area contributed by atoms with Gasteiger partial charge < -0.3 is 18.9 Å². The van der Waals surface area contributed by atoms with E-state index >= 15 is 0 Å². The van der Waals surface area contributed by atoms with Crippen molar-refractivity contribution in [2.75, 3.05) is 14.2 Å². The van der Waals surface area contributed by atoms with E-state index in [9.17, 15) is 14.4 Å². The van der Waals surface area contributed by atoms with Gasteiger partial charge in [0.2, 0.25) is 11.5 Å². The smallest absolute Gasteiger partial charge is 0.309 e. The van der Waals surface area contributed by atoms with Gasteiger partial charge in [-0.3, -0.25) is 14.4 Å². The van der Waals surface area contributed by atoms with Gasteiger partial charge in [-0.15, -0.1) is 0 Å². The van der Waals surface area contributed by atoms with Gasteiger partial charge in [-0.05, 0) is 39.5 Å². The van der Waals surface area contributed by atoms with E-state index in [-0.39, 0.29) is 47.6 Å². The van der Waals surface area contributed by atoms with Crippen LogP contribution in [0.15, 0.2) is 34.8 Å². The second-order valence-corrected chi connectivity index (χ2v) is 8.79. The van der Waals surface area contributed by atoms with E-state index < -0.39 is 12.1 Å². The van der Waals surface area contributed by atoms with Crippen LogP contribution in [0.4, 0.5) is 0 Å². The highest BCUT2D eigenvalue weighted by atomic mass is 16.6. The number of esters is 2. The molecular weight excluding hydrogens is 412 g/mol. The summed E-state index contributed by atoms with van der Waals surface area (Å²) < 4.78 is 21.4. The Kier molecular flexibility index (Phi) is 9.54. The standard InChI is InChI=1S/C25H36O7/c1-15(8-7-9-16(2)12-20-13-17(3)25(28)32-20)10-11-19-14-21(27)23(29-5)24(30-6)22(19)31-18(4)26/h9-10,17,19-20,22H,7-8,11-14H2,1-6H3/b15-10+,16-9+. The zero-order valence-electron chi connectivity index (χ0n) is 20.1. The molecule has 1 aliphatic heterocycles. The van der Waals surface area contributed by atoms with Crippen LogP contribution in [0.1, 0.15) is 66.2 Å². The summed E-state index contributed by atoms with van der Waals surface area (Å²) in [5.41, 5.74) is 2.42. The van der Waals surface area contributed by atoms with Gasteiger partial charge in [0.15, 0.2) is 11.9 Å². The fraction of sp³-hybridized carbons (Fsp3) is 0.640. The highest BCUT2D eigenvalue weighted by molar-refractivity contribution is 5.95. The number of ketones is 1. The number of carbonyl (C=O) groups excluding carboxylic acids is 3. The number of hydrogen-bond acceptors (Lipinski definition) is 7. The van der Waals surface area contributed by atoms with E-state index in [0.29, 0.717) is 6.42 Å². The predicted molar refractivity (Wildman–Crippen MR) is 119 cm³/mol. The Bertz CT molecular complexity index is 805. The normalized spacial score (nSPS) is 26.8. The van der Waals surface area contributed by atoms with Crippen molar-refractivity contribution in [1.29, 1.82) is 0 Å². The zero-order valence-corrected chi connectivity index (χ0v) is 20.1. The molecule has 2 aliphatic rings. The first-order valence-corrected chi connectivity index (χ1v) is 11.2. The molecule has 2 rings (SSSR count). The monoisotopic (exact) mass is 448 g/mol. The van der Waals surface area contributed by atoms with Gasteiger partial charge in [-0.1, -0.05) is 30.2 Å². The molecule has 0 aromatic rings. The molecular formula is C25H36O7. The number of allylic oxidation sites excluding steroid dienone is 4. The molecule has 0 radical (unpaired) electrons. The molecule has 4 unspecified atom stereocenters. The molecule has 178 valence electrons. The molecule has 0 amide bonds. The summed E-state index contributed by atoms with van der Waals surface area (Å²) in [6.45, 7) is 7.38. The fourth-order valence-electron chi connectivity index (χ4n) is 4.26. The number of carbonyl (C=O) groups is 3. The lowest BCUT2D eigenvalue weighted by Gasteiger charge is -2.31. The van der Waals surface area contributed by atoms with Crippen LogP contribution in [-0.4, -0.2) is 44.1 Å². The summed E-state index contributed by atoms with van der Waals surface area (Å²) in [6, 6.07) is 0. The number of hydrogen-bond donors (Lipinski definition) is 0. The lowest BCUT2D eigenvalue weighted by Crippen LogP contribution is -2.37. The first-order chi connectivity index (χ1) is 15.2. The number of methoxy groups -OCH3 is 2. The van der Waals surface area contributed by atoms with Crippen molar-refractivity contribution >= 4 is 17.7 Å². The first-order valence-electron chi connectivity index (χ1n) is 11.2. The third-order valence-corrected chi connectivity index (χ3v) is 5.98. The maximum atomic E-state index is 12.4. The molecule has 4 atom stereocenters. The molecule has 0 aromatic carbocycles. The van der Waals surface area contributed by atoms with Crippen molar-refractivity contribution in [3.63, 3.8) is 0 Å². The van der Waals surface area contributed by atoms with Crippen LogP contribution in [0.2, 0.25) is 0 Å². The van der Waals surface area contributed by atoms with Crippen LogP contribution in [0, 0.1) is 11.8 Å². The highest BCUT2D eigenvalue weighted by Gasteiger charge is 2.40. The van der Waals surface area contributed by atoms with Crippen LogP contribution in [0.5, 0.6) is 0 Å². The van der Waals surface area contributed by atoms with Gasteiger partial charge in [-0.2, -0.15) is 0 Å². The Balaban J connectivity index is 1.94. The Labute approximate surface area is 190 Å². The van der Waals surface area contributed by atoms with E-state index in [1.54, 1.807) is 0 Å². The summed E-state index contributed by atoms with van der Waals surface area (Å²) >= 11 is 0. The van der Waals surface area contributed by atoms with Crippen molar-refractivity contribution in [3.8, 4) is 0 Å². The van der Waals surface area contributed by atoms with Gasteiger partial charge in [0.25, 0.3) is 0 Å². The fourth-order valence-corrected chi connectivity index (χ4v) is 4.26. The molecule has 1 heterocycles. The molecule has 1 aliphatic carbocycles. The van der Waals surface area contributed by atoms with Crippen LogP contribution < -0.4 is 0 Å². The molecule has 1 saturated heterocycles. The van der Waals surface area contributed by atoms with Crippen LogP contribution >= 0.6 is 0 Å². The molecule has 0 N–H and O–H groups in total. The zero-order chi connectivity index (χ0) is 23.8. The van der Waals surface area contributed by atoms with Gasteiger partial charge in [0.1, 0.15) is 6.10 Å². The van der Waals surface area contributed by atoms with Crippen molar-refractivity contribution in [2.45, 2.75) is 78.4 Å². The molecule has 0 bridgehead atoms. The molecule has 0 aromatic heterocycles. The average Bonchev–Trinajstić information content (AvgIpc) is 3.03. The number of Topliss-reactive ketones (excluding diaryl/α,β-unsaturated/α-hetero) is 1. The topological polar surface area (TPSA) is 88.1 Å². The van der Waals surface area contributed by atoms with Gasteiger partial charge >= 0.3 is 11.9 Å². The van der Waals surface area contributed by atoms with Gasteiger partial charge in [-0.25, -0.2) is 0 Å². The molecule has 7 nitrogen and oxygen atoms in total. The maximum Gasteiger partial charge on any atom is 0.309 e. The first kappa shape index (κ1) is 25.7. The summed E-state index contributed by atoms with van der Waals surface area (Å²) in [6.07, 6.45) is 7.80.